The number of likely N-dealkylation sites (N-methyl/N-ethyl adjacent to an activating group) is 1. The molecule has 2 aromatic rings. The van der Waals surface area contributed by atoms with Crippen LogP contribution in [0.1, 0.15) is 39.2 Å². The molecule has 0 spiro atoms. The minimum Gasteiger partial charge on any atom is -0.329 e. The van der Waals surface area contributed by atoms with Gasteiger partial charge in [0, 0.05) is 30.2 Å². The Balaban J connectivity index is 2.27. The molecule has 21 heavy (non-hydrogen) atoms. The van der Waals surface area contributed by atoms with Crippen LogP contribution in [0.25, 0.3) is 10.9 Å². The molecule has 3 nitrogen and oxygen atoms in total. The van der Waals surface area contributed by atoms with Crippen LogP contribution in [0.2, 0.25) is 0 Å². The molecule has 0 aliphatic rings. The average molecular weight is 285 g/mol. The lowest BCUT2D eigenvalue weighted by atomic mass is 9.90. The van der Waals surface area contributed by atoms with Crippen molar-refractivity contribution in [2.24, 2.45) is 5.73 Å². The molecule has 0 saturated carbocycles. The van der Waals surface area contributed by atoms with Gasteiger partial charge in [0.25, 0.3) is 0 Å². The summed E-state index contributed by atoms with van der Waals surface area (Å²) in [6, 6.07) is 10.7. The van der Waals surface area contributed by atoms with Gasteiger partial charge in [-0.05, 0) is 43.1 Å². The second-order valence-corrected chi connectivity index (χ2v) is 5.68. The number of hydrogen-bond acceptors (Lipinski definition) is 3. The first kappa shape index (κ1) is 15.9. The first-order chi connectivity index (χ1) is 10.2. The summed E-state index contributed by atoms with van der Waals surface area (Å²) in [6.07, 6.45) is 4.01. The molecule has 0 aliphatic carbocycles. The van der Waals surface area contributed by atoms with Gasteiger partial charge in [0.2, 0.25) is 0 Å². The van der Waals surface area contributed by atoms with E-state index in [2.05, 4.69) is 54.9 Å². The van der Waals surface area contributed by atoms with E-state index >= 15 is 0 Å². The van der Waals surface area contributed by atoms with Crippen molar-refractivity contribution < 1.29 is 0 Å². The van der Waals surface area contributed by atoms with Crippen molar-refractivity contribution in [3.05, 3.63) is 42.1 Å². The molecule has 3 heteroatoms. The Hall–Kier alpha value is -1.45. The fourth-order valence-corrected chi connectivity index (χ4v) is 3.17. The van der Waals surface area contributed by atoms with E-state index in [9.17, 15) is 0 Å². The number of aromatic nitrogens is 1. The zero-order valence-corrected chi connectivity index (χ0v) is 13.5. The Labute approximate surface area is 128 Å². The molecule has 2 N–H and O–H groups in total. The minimum absolute atomic E-state index is 0.110. The summed E-state index contributed by atoms with van der Waals surface area (Å²) >= 11 is 0. The Morgan fingerprint density at radius 1 is 1.14 bits per heavy atom. The molecule has 0 fully saturated rings. The van der Waals surface area contributed by atoms with E-state index in [1.165, 1.54) is 10.9 Å². The molecule has 0 radical (unpaired) electrons. The first-order valence-electron chi connectivity index (χ1n) is 7.98. The molecule has 0 aliphatic heterocycles. The lowest BCUT2D eigenvalue weighted by Crippen LogP contribution is -2.52. The zero-order chi connectivity index (χ0) is 15.3. The number of fused-ring (bicyclic) bond motifs is 1. The standard InChI is InChI=1S/C18H27N3/c1-4-18(5-2,14-19)21(6-3)13-15-9-10-17-16(12-15)8-7-11-20-17/h7-12H,4-6,13-14,19H2,1-3H3. The molecule has 2 rings (SSSR count). The van der Waals surface area contributed by atoms with Crippen LogP contribution in [0.15, 0.2) is 36.5 Å². The molecule has 1 aromatic heterocycles. The molecule has 0 bridgehead atoms. The van der Waals surface area contributed by atoms with Gasteiger partial charge in [0.05, 0.1) is 5.52 Å². The van der Waals surface area contributed by atoms with Crippen LogP contribution < -0.4 is 5.73 Å². The summed E-state index contributed by atoms with van der Waals surface area (Å²) in [5, 5.41) is 1.21. The Morgan fingerprint density at radius 2 is 1.90 bits per heavy atom. The van der Waals surface area contributed by atoms with E-state index in [-0.39, 0.29) is 5.54 Å². The summed E-state index contributed by atoms with van der Waals surface area (Å²) < 4.78 is 0. The summed E-state index contributed by atoms with van der Waals surface area (Å²) in [7, 11) is 0. The largest absolute Gasteiger partial charge is 0.329 e. The molecule has 1 aromatic carbocycles. The zero-order valence-electron chi connectivity index (χ0n) is 13.5. The van der Waals surface area contributed by atoms with Crippen LogP contribution >= 0.6 is 0 Å². The van der Waals surface area contributed by atoms with Gasteiger partial charge in [-0.3, -0.25) is 9.88 Å². The Morgan fingerprint density at radius 3 is 2.52 bits per heavy atom. The molecule has 1 heterocycles. The minimum atomic E-state index is 0.110. The highest BCUT2D eigenvalue weighted by Crippen LogP contribution is 2.25. The van der Waals surface area contributed by atoms with Gasteiger partial charge in [0.15, 0.2) is 0 Å². The predicted molar refractivity (Wildman–Crippen MR) is 90.2 cm³/mol. The van der Waals surface area contributed by atoms with Crippen LogP contribution in [0.3, 0.4) is 0 Å². The lowest BCUT2D eigenvalue weighted by Gasteiger charge is -2.42. The maximum atomic E-state index is 6.10. The van der Waals surface area contributed by atoms with E-state index in [0.29, 0.717) is 6.54 Å². The molecule has 0 atom stereocenters. The van der Waals surface area contributed by atoms with Crippen LogP contribution in [0, 0.1) is 0 Å². The van der Waals surface area contributed by atoms with Gasteiger partial charge in [0.1, 0.15) is 0 Å². The van der Waals surface area contributed by atoms with E-state index < -0.39 is 0 Å². The van der Waals surface area contributed by atoms with E-state index in [4.69, 9.17) is 5.73 Å². The van der Waals surface area contributed by atoms with E-state index in [0.717, 1.165) is 31.4 Å². The van der Waals surface area contributed by atoms with Crippen LogP contribution in [-0.2, 0) is 6.54 Å². The van der Waals surface area contributed by atoms with Crippen molar-refractivity contribution in [1.29, 1.82) is 0 Å². The van der Waals surface area contributed by atoms with Gasteiger partial charge >= 0.3 is 0 Å². The monoisotopic (exact) mass is 285 g/mol. The Bertz CT molecular complexity index is 567. The summed E-state index contributed by atoms with van der Waals surface area (Å²) in [6.45, 7) is 9.37. The molecule has 0 amide bonds. The van der Waals surface area contributed by atoms with Gasteiger partial charge in [-0.25, -0.2) is 0 Å². The van der Waals surface area contributed by atoms with Crippen molar-refractivity contribution in [3.63, 3.8) is 0 Å². The SMILES string of the molecule is CCN(Cc1ccc2ncccc2c1)C(CC)(CC)CN. The molecular weight excluding hydrogens is 258 g/mol. The summed E-state index contributed by atoms with van der Waals surface area (Å²) in [5.41, 5.74) is 8.59. The fourth-order valence-electron chi connectivity index (χ4n) is 3.17. The lowest BCUT2D eigenvalue weighted by molar-refractivity contribution is 0.0828. The van der Waals surface area contributed by atoms with Crippen LogP contribution in [0.5, 0.6) is 0 Å². The van der Waals surface area contributed by atoms with Crippen molar-refractivity contribution in [2.75, 3.05) is 13.1 Å². The third-order valence-electron chi connectivity index (χ3n) is 4.79. The summed E-state index contributed by atoms with van der Waals surface area (Å²) in [4.78, 5) is 6.90. The first-order valence-corrected chi connectivity index (χ1v) is 7.98. The van der Waals surface area contributed by atoms with Crippen LogP contribution in [0.4, 0.5) is 0 Å². The second-order valence-electron chi connectivity index (χ2n) is 5.68. The maximum Gasteiger partial charge on any atom is 0.0702 e. The van der Waals surface area contributed by atoms with Crippen LogP contribution in [-0.4, -0.2) is 28.5 Å². The number of rotatable bonds is 7. The maximum absolute atomic E-state index is 6.10. The highest BCUT2D eigenvalue weighted by atomic mass is 15.2. The van der Waals surface area contributed by atoms with E-state index in [1.54, 1.807) is 0 Å². The number of pyridine rings is 1. The average Bonchev–Trinajstić information content (AvgIpc) is 2.55. The normalized spacial score (nSPS) is 12.2. The number of nitrogens with zero attached hydrogens (tertiary/aromatic N) is 2. The van der Waals surface area contributed by atoms with Gasteiger partial charge in [-0.1, -0.05) is 32.9 Å². The van der Waals surface area contributed by atoms with Crippen molar-refractivity contribution in [1.82, 2.24) is 9.88 Å². The van der Waals surface area contributed by atoms with Gasteiger partial charge in [-0.15, -0.1) is 0 Å². The molecular formula is C18H27N3. The number of hydrogen-bond donors (Lipinski definition) is 1. The highest BCUT2D eigenvalue weighted by Gasteiger charge is 2.30. The van der Waals surface area contributed by atoms with E-state index in [1.807, 2.05) is 12.3 Å². The summed E-state index contributed by atoms with van der Waals surface area (Å²) in [5.74, 6) is 0. The topological polar surface area (TPSA) is 42.2 Å². The quantitative estimate of drug-likeness (QED) is 0.845. The predicted octanol–water partition coefficient (Wildman–Crippen LogP) is 3.57. The van der Waals surface area contributed by atoms with Crippen molar-refractivity contribution in [2.45, 2.75) is 45.7 Å². The number of nitrogens with two attached hydrogens (primary N) is 1. The second kappa shape index (κ2) is 7.01. The molecule has 114 valence electrons. The van der Waals surface area contributed by atoms with Crippen molar-refractivity contribution >= 4 is 10.9 Å². The fraction of sp³-hybridized carbons (Fsp3) is 0.500. The van der Waals surface area contributed by atoms with Crippen molar-refractivity contribution in [3.8, 4) is 0 Å². The third kappa shape index (κ3) is 3.25. The highest BCUT2D eigenvalue weighted by molar-refractivity contribution is 5.78. The molecule has 0 unspecified atom stereocenters. The van der Waals surface area contributed by atoms with Gasteiger partial charge < -0.3 is 5.73 Å². The van der Waals surface area contributed by atoms with Gasteiger partial charge in [-0.2, -0.15) is 0 Å². The number of benzene rings is 1. The smallest absolute Gasteiger partial charge is 0.0702 e. The Kier molecular flexibility index (Phi) is 5.32. The third-order valence-corrected chi connectivity index (χ3v) is 4.79. The molecule has 0 saturated heterocycles.